The molecule has 19 heavy (non-hydrogen) atoms. The van der Waals surface area contributed by atoms with E-state index >= 15 is 0 Å². The van der Waals surface area contributed by atoms with Crippen molar-refractivity contribution in [3.05, 3.63) is 28.8 Å². The summed E-state index contributed by atoms with van der Waals surface area (Å²) in [5.41, 5.74) is 2.85. The molecule has 0 spiro atoms. The number of nitrogens with one attached hydrogen (secondary N) is 1. The Balaban J connectivity index is 3.40. The summed E-state index contributed by atoms with van der Waals surface area (Å²) < 4.78 is 26.8. The van der Waals surface area contributed by atoms with Gasteiger partial charge in [-0.25, -0.2) is 8.42 Å². The summed E-state index contributed by atoms with van der Waals surface area (Å²) >= 11 is 0. The van der Waals surface area contributed by atoms with E-state index < -0.39 is 10.0 Å². The normalized spacial score (nSPS) is 12.1. The fraction of sp³-hybridized carbons (Fsp3) is 0.571. The molecule has 0 unspecified atom stereocenters. The molecule has 1 rings (SSSR count). The van der Waals surface area contributed by atoms with Crippen molar-refractivity contribution < 1.29 is 8.42 Å². The highest BCUT2D eigenvalue weighted by Gasteiger charge is 2.24. The van der Waals surface area contributed by atoms with E-state index in [0.717, 1.165) is 16.7 Å². The Morgan fingerprint density at radius 3 is 2.21 bits per heavy atom. The van der Waals surface area contributed by atoms with Gasteiger partial charge in [0, 0.05) is 19.6 Å². The van der Waals surface area contributed by atoms with Crippen LogP contribution in [0.25, 0.3) is 0 Å². The first-order chi connectivity index (χ1) is 8.88. The largest absolute Gasteiger partial charge is 0.316 e. The molecule has 0 bridgehead atoms. The van der Waals surface area contributed by atoms with Crippen molar-refractivity contribution in [2.24, 2.45) is 0 Å². The van der Waals surface area contributed by atoms with Gasteiger partial charge in [-0.1, -0.05) is 19.9 Å². The summed E-state index contributed by atoms with van der Waals surface area (Å²) in [6.07, 6.45) is 0. The topological polar surface area (TPSA) is 49.4 Å². The van der Waals surface area contributed by atoms with E-state index in [1.54, 1.807) is 6.07 Å². The Hall–Kier alpha value is -0.910. The predicted molar refractivity (Wildman–Crippen MR) is 78.8 cm³/mol. The quantitative estimate of drug-likeness (QED) is 0.870. The highest BCUT2D eigenvalue weighted by atomic mass is 32.2. The minimum atomic E-state index is -3.39. The Morgan fingerprint density at radius 2 is 1.74 bits per heavy atom. The van der Waals surface area contributed by atoms with Crippen molar-refractivity contribution in [1.82, 2.24) is 9.62 Å². The maximum Gasteiger partial charge on any atom is 0.243 e. The number of sulfonamides is 1. The second-order valence-electron chi connectivity index (χ2n) is 4.66. The van der Waals surface area contributed by atoms with Gasteiger partial charge in [-0.05, 0) is 43.7 Å². The third-order valence-electron chi connectivity index (χ3n) is 3.38. The van der Waals surface area contributed by atoms with Crippen LogP contribution in [0.4, 0.5) is 0 Å². The van der Waals surface area contributed by atoms with Crippen LogP contribution in [0.5, 0.6) is 0 Å². The first-order valence-electron chi connectivity index (χ1n) is 6.63. The molecule has 0 radical (unpaired) electrons. The maximum atomic E-state index is 12.6. The minimum absolute atomic E-state index is 0.432. The van der Waals surface area contributed by atoms with Gasteiger partial charge in [0.05, 0.1) is 4.90 Å². The summed E-state index contributed by atoms with van der Waals surface area (Å²) in [6, 6.07) is 3.82. The Bertz CT molecular complexity index is 535. The van der Waals surface area contributed by atoms with Crippen LogP contribution in [0.1, 0.15) is 30.5 Å². The van der Waals surface area contributed by atoms with Gasteiger partial charge < -0.3 is 5.32 Å². The number of hydrogen-bond acceptors (Lipinski definition) is 3. The molecule has 0 fully saturated rings. The summed E-state index contributed by atoms with van der Waals surface area (Å²) in [4.78, 5) is 0.432. The van der Waals surface area contributed by atoms with Crippen LogP contribution in [-0.4, -0.2) is 32.9 Å². The number of aryl methyl sites for hydroxylation is 1. The van der Waals surface area contributed by atoms with Crippen molar-refractivity contribution in [1.29, 1.82) is 0 Å². The Labute approximate surface area is 116 Å². The second kappa shape index (κ2) is 6.50. The van der Waals surface area contributed by atoms with E-state index in [0.29, 0.717) is 24.5 Å². The van der Waals surface area contributed by atoms with Crippen LogP contribution in [0.15, 0.2) is 17.0 Å². The van der Waals surface area contributed by atoms with E-state index in [1.807, 2.05) is 40.8 Å². The molecule has 0 aliphatic carbocycles. The van der Waals surface area contributed by atoms with Gasteiger partial charge in [-0.2, -0.15) is 4.31 Å². The molecule has 1 aromatic rings. The molecule has 108 valence electrons. The summed E-state index contributed by atoms with van der Waals surface area (Å²) in [6.45, 7) is 9.20. The van der Waals surface area contributed by atoms with Gasteiger partial charge in [0.25, 0.3) is 0 Å². The van der Waals surface area contributed by atoms with Gasteiger partial charge in [0.15, 0.2) is 0 Å². The van der Waals surface area contributed by atoms with Crippen molar-refractivity contribution >= 4 is 10.0 Å². The van der Waals surface area contributed by atoms with Crippen LogP contribution in [0.2, 0.25) is 0 Å². The lowest BCUT2D eigenvalue weighted by Gasteiger charge is -2.21. The fourth-order valence-electron chi connectivity index (χ4n) is 2.18. The average molecular weight is 284 g/mol. The molecular formula is C14H24N2O2S. The molecule has 0 atom stereocenters. The van der Waals surface area contributed by atoms with Gasteiger partial charge in [-0.3, -0.25) is 0 Å². The van der Waals surface area contributed by atoms with Gasteiger partial charge in [-0.15, -0.1) is 0 Å². The van der Waals surface area contributed by atoms with E-state index in [1.165, 1.54) is 4.31 Å². The highest BCUT2D eigenvalue weighted by molar-refractivity contribution is 7.89. The number of benzene rings is 1. The van der Waals surface area contributed by atoms with Gasteiger partial charge in [0.2, 0.25) is 10.0 Å². The van der Waals surface area contributed by atoms with Gasteiger partial charge >= 0.3 is 0 Å². The summed E-state index contributed by atoms with van der Waals surface area (Å²) in [7, 11) is -1.53. The standard InChI is InChI=1S/C14H24N2O2S/c1-6-16(7-2)19(17,18)14-9-13(10-15-5)8-11(3)12(14)4/h8-9,15H,6-7,10H2,1-5H3. The molecule has 0 saturated carbocycles. The lowest BCUT2D eigenvalue weighted by Crippen LogP contribution is -2.31. The van der Waals surface area contributed by atoms with E-state index in [9.17, 15) is 8.42 Å². The second-order valence-corrected chi connectivity index (χ2v) is 6.56. The Morgan fingerprint density at radius 1 is 1.16 bits per heavy atom. The highest BCUT2D eigenvalue weighted by Crippen LogP contribution is 2.24. The lowest BCUT2D eigenvalue weighted by molar-refractivity contribution is 0.444. The maximum absolute atomic E-state index is 12.6. The number of rotatable bonds is 6. The average Bonchev–Trinajstić information content (AvgIpc) is 2.34. The third kappa shape index (κ3) is 3.35. The molecule has 0 aliphatic heterocycles. The molecule has 1 aromatic carbocycles. The predicted octanol–water partition coefficient (Wildman–Crippen LogP) is 2.05. The summed E-state index contributed by atoms with van der Waals surface area (Å²) in [5, 5.41) is 3.06. The van der Waals surface area contributed by atoms with E-state index in [4.69, 9.17) is 0 Å². The Kier molecular flexibility index (Phi) is 5.52. The molecule has 5 heteroatoms. The zero-order valence-corrected chi connectivity index (χ0v) is 13.3. The molecule has 0 heterocycles. The molecule has 1 N–H and O–H groups in total. The van der Waals surface area contributed by atoms with Gasteiger partial charge in [0.1, 0.15) is 0 Å². The van der Waals surface area contributed by atoms with Crippen LogP contribution >= 0.6 is 0 Å². The molecular weight excluding hydrogens is 260 g/mol. The smallest absolute Gasteiger partial charge is 0.243 e. The number of hydrogen-bond donors (Lipinski definition) is 1. The van der Waals surface area contributed by atoms with Crippen molar-refractivity contribution in [2.75, 3.05) is 20.1 Å². The van der Waals surface area contributed by atoms with Crippen LogP contribution in [0, 0.1) is 13.8 Å². The molecule has 0 aliphatic rings. The molecule has 4 nitrogen and oxygen atoms in total. The van der Waals surface area contributed by atoms with E-state index in [-0.39, 0.29) is 0 Å². The van der Waals surface area contributed by atoms with Crippen LogP contribution in [-0.2, 0) is 16.6 Å². The summed E-state index contributed by atoms with van der Waals surface area (Å²) in [5.74, 6) is 0. The SMILES string of the molecule is CCN(CC)S(=O)(=O)c1cc(CNC)cc(C)c1C. The lowest BCUT2D eigenvalue weighted by atomic mass is 10.1. The zero-order chi connectivity index (χ0) is 14.6. The first kappa shape index (κ1) is 16.1. The molecule has 0 amide bonds. The van der Waals surface area contributed by atoms with Crippen molar-refractivity contribution in [3.8, 4) is 0 Å². The minimum Gasteiger partial charge on any atom is -0.316 e. The van der Waals surface area contributed by atoms with Crippen molar-refractivity contribution in [2.45, 2.75) is 39.1 Å². The van der Waals surface area contributed by atoms with Crippen LogP contribution in [0.3, 0.4) is 0 Å². The van der Waals surface area contributed by atoms with Crippen molar-refractivity contribution in [3.63, 3.8) is 0 Å². The third-order valence-corrected chi connectivity index (χ3v) is 5.56. The molecule has 0 saturated heterocycles. The number of nitrogens with zero attached hydrogens (tertiary/aromatic N) is 1. The first-order valence-corrected chi connectivity index (χ1v) is 8.07. The zero-order valence-electron chi connectivity index (χ0n) is 12.4. The monoisotopic (exact) mass is 284 g/mol. The molecule has 0 aromatic heterocycles. The fourth-order valence-corrected chi connectivity index (χ4v) is 3.98. The van der Waals surface area contributed by atoms with Crippen LogP contribution < -0.4 is 5.32 Å². The van der Waals surface area contributed by atoms with E-state index in [2.05, 4.69) is 5.32 Å².